The Hall–Kier alpha value is -1.10. The summed E-state index contributed by atoms with van der Waals surface area (Å²) in [5.74, 6) is 0.659. The van der Waals surface area contributed by atoms with E-state index < -0.39 is 0 Å². The van der Waals surface area contributed by atoms with E-state index in [2.05, 4.69) is 5.32 Å². The van der Waals surface area contributed by atoms with Gasteiger partial charge in [-0.15, -0.1) is 0 Å². The molecule has 0 bridgehead atoms. The predicted octanol–water partition coefficient (Wildman–Crippen LogP) is 2.73. The number of hydrogen-bond acceptors (Lipinski definition) is 4. The number of para-hydroxylation sites is 1. The fourth-order valence-corrected chi connectivity index (χ4v) is 3.09. The van der Waals surface area contributed by atoms with Crippen molar-refractivity contribution in [3.8, 4) is 5.75 Å². The number of hydrogen-bond donors (Lipinski definition) is 1. The standard InChI is InChI=1S/C17H25NO3/c1-3-7-15(8-4-1)19-12-11-18-13-16-14-20-17(21-16)9-5-2-6-10-17/h1,3-4,7-8,16,18H,2,5-6,9-14H2/t16-/m1/s1. The average molecular weight is 291 g/mol. The minimum absolute atomic E-state index is 0.180. The molecule has 4 heteroatoms. The molecule has 21 heavy (non-hydrogen) atoms. The van der Waals surface area contributed by atoms with Crippen LogP contribution in [0.3, 0.4) is 0 Å². The van der Waals surface area contributed by atoms with Crippen LogP contribution < -0.4 is 10.1 Å². The summed E-state index contributed by atoms with van der Waals surface area (Å²) in [6, 6.07) is 9.90. The summed E-state index contributed by atoms with van der Waals surface area (Å²) in [7, 11) is 0. The summed E-state index contributed by atoms with van der Waals surface area (Å²) in [5, 5.41) is 3.39. The molecule has 0 aromatic heterocycles. The zero-order valence-corrected chi connectivity index (χ0v) is 12.6. The van der Waals surface area contributed by atoms with E-state index in [9.17, 15) is 0 Å². The first kappa shape index (κ1) is 14.8. The van der Waals surface area contributed by atoms with Crippen LogP contribution in [-0.2, 0) is 9.47 Å². The molecule has 116 valence electrons. The maximum atomic E-state index is 6.13. The van der Waals surface area contributed by atoms with Gasteiger partial charge in [-0.3, -0.25) is 0 Å². The Morgan fingerprint density at radius 2 is 1.95 bits per heavy atom. The molecular formula is C17H25NO3. The van der Waals surface area contributed by atoms with E-state index in [1.807, 2.05) is 30.3 Å². The second kappa shape index (κ2) is 7.25. The van der Waals surface area contributed by atoms with E-state index >= 15 is 0 Å². The lowest BCUT2D eigenvalue weighted by Gasteiger charge is -2.31. The molecule has 1 saturated heterocycles. The summed E-state index contributed by atoms with van der Waals surface area (Å²) in [4.78, 5) is 0. The minimum atomic E-state index is -0.259. The smallest absolute Gasteiger partial charge is 0.168 e. The monoisotopic (exact) mass is 291 g/mol. The third-order valence-corrected chi connectivity index (χ3v) is 4.19. The third kappa shape index (κ3) is 4.19. The van der Waals surface area contributed by atoms with Crippen LogP contribution in [0.4, 0.5) is 0 Å². The van der Waals surface area contributed by atoms with Crippen LogP contribution in [0.2, 0.25) is 0 Å². The van der Waals surface area contributed by atoms with E-state index in [1.54, 1.807) is 0 Å². The summed E-state index contributed by atoms with van der Waals surface area (Å²) >= 11 is 0. The Morgan fingerprint density at radius 3 is 2.76 bits per heavy atom. The maximum Gasteiger partial charge on any atom is 0.168 e. The lowest BCUT2D eigenvalue weighted by Crippen LogP contribution is -2.36. The second-order valence-corrected chi connectivity index (χ2v) is 5.89. The molecule has 1 aromatic carbocycles. The molecule has 1 saturated carbocycles. The van der Waals surface area contributed by atoms with Crippen molar-refractivity contribution < 1.29 is 14.2 Å². The van der Waals surface area contributed by atoms with Gasteiger partial charge in [-0.25, -0.2) is 0 Å². The molecule has 1 atom stereocenters. The van der Waals surface area contributed by atoms with E-state index in [0.717, 1.165) is 31.7 Å². The van der Waals surface area contributed by atoms with Crippen LogP contribution in [-0.4, -0.2) is 38.2 Å². The van der Waals surface area contributed by atoms with Crippen molar-refractivity contribution in [1.29, 1.82) is 0 Å². The number of nitrogens with one attached hydrogen (secondary N) is 1. The van der Waals surface area contributed by atoms with Crippen molar-refractivity contribution in [1.82, 2.24) is 5.32 Å². The van der Waals surface area contributed by atoms with Crippen LogP contribution in [0.25, 0.3) is 0 Å². The number of rotatable bonds is 6. The van der Waals surface area contributed by atoms with Crippen molar-refractivity contribution >= 4 is 0 Å². The van der Waals surface area contributed by atoms with Gasteiger partial charge < -0.3 is 19.5 Å². The molecule has 3 rings (SSSR count). The molecule has 1 N–H and O–H groups in total. The molecule has 1 aliphatic heterocycles. The summed E-state index contributed by atoms with van der Waals surface area (Å²) in [5.41, 5.74) is 0. The highest BCUT2D eigenvalue weighted by Crippen LogP contribution is 2.37. The highest BCUT2D eigenvalue weighted by molar-refractivity contribution is 5.20. The van der Waals surface area contributed by atoms with Gasteiger partial charge in [0.25, 0.3) is 0 Å². The first-order valence-electron chi connectivity index (χ1n) is 8.07. The second-order valence-electron chi connectivity index (χ2n) is 5.89. The lowest BCUT2D eigenvalue weighted by molar-refractivity contribution is -0.186. The van der Waals surface area contributed by atoms with Crippen molar-refractivity contribution in [2.75, 3.05) is 26.3 Å². The van der Waals surface area contributed by atoms with Crippen molar-refractivity contribution in [3.63, 3.8) is 0 Å². The van der Waals surface area contributed by atoms with Crippen LogP contribution in [0.5, 0.6) is 5.75 Å². The fraction of sp³-hybridized carbons (Fsp3) is 0.647. The summed E-state index contributed by atoms with van der Waals surface area (Å²) in [6.07, 6.45) is 6.06. The van der Waals surface area contributed by atoms with Gasteiger partial charge in [0.05, 0.1) is 12.7 Å². The van der Waals surface area contributed by atoms with Crippen LogP contribution in [0.15, 0.2) is 30.3 Å². The van der Waals surface area contributed by atoms with Crippen LogP contribution in [0, 0.1) is 0 Å². The SMILES string of the molecule is c1ccc(OCCNC[C@@H]2COC3(CCCCC3)O2)cc1. The van der Waals surface area contributed by atoms with Gasteiger partial charge in [0, 0.05) is 25.9 Å². The van der Waals surface area contributed by atoms with Crippen LogP contribution >= 0.6 is 0 Å². The molecule has 1 aliphatic carbocycles. The Morgan fingerprint density at radius 1 is 1.14 bits per heavy atom. The first-order valence-corrected chi connectivity index (χ1v) is 8.07. The van der Waals surface area contributed by atoms with Gasteiger partial charge in [0.1, 0.15) is 12.4 Å². The van der Waals surface area contributed by atoms with E-state index in [0.29, 0.717) is 13.2 Å². The topological polar surface area (TPSA) is 39.7 Å². The number of benzene rings is 1. The van der Waals surface area contributed by atoms with Gasteiger partial charge in [-0.05, 0) is 25.0 Å². The van der Waals surface area contributed by atoms with Gasteiger partial charge in [-0.2, -0.15) is 0 Å². The van der Waals surface area contributed by atoms with Crippen molar-refractivity contribution in [3.05, 3.63) is 30.3 Å². The van der Waals surface area contributed by atoms with Crippen LogP contribution in [0.1, 0.15) is 32.1 Å². The highest BCUT2D eigenvalue weighted by atomic mass is 16.7. The minimum Gasteiger partial charge on any atom is -0.492 e. The number of ether oxygens (including phenoxy) is 3. The fourth-order valence-electron chi connectivity index (χ4n) is 3.09. The van der Waals surface area contributed by atoms with E-state index in [-0.39, 0.29) is 11.9 Å². The molecule has 2 aliphatic rings. The average Bonchev–Trinajstić information content (AvgIpc) is 2.91. The molecule has 0 radical (unpaired) electrons. The molecular weight excluding hydrogens is 266 g/mol. The highest BCUT2D eigenvalue weighted by Gasteiger charge is 2.41. The summed E-state index contributed by atoms with van der Waals surface area (Å²) < 4.78 is 17.7. The first-order chi connectivity index (χ1) is 10.4. The molecule has 0 amide bonds. The molecule has 4 nitrogen and oxygen atoms in total. The van der Waals surface area contributed by atoms with E-state index in [1.165, 1.54) is 19.3 Å². The Labute approximate surface area is 126 Å². The molecule has 1 aromatic rings. The molecule has 1 spiro atoms. The van der Waals surface area contributed by atoms with Gasteiger partial charge in [0.15, 0.2) is 5.79 Å². The lowest BCUT2D eigenvalue weighted by atomic mass is 9.94. The quantitative estimate of drug-likeness (QED) is 0.818. The van der Waals surface area contributed by atoms with Gasteiger partial charge >= 0.3 is 0 Å². The molecule has 1 heterocycles. The van der Waals surface area contributed by atoms with Gasteiger partial charge in [-0.1, -0.05) is 24.6 Å². The maximum absolute atomic E-state index is 6.13. The Kier molecular flexibility index (Phi) is 5.12. The molecule has 0 unspecified atom stereocenters. The Balaban J connectivity index is 1.30. The van der Waals surface area contributed by atoms with Crippen molar-refractivity contribution in [2.45, 2.75) is 44.0 Å². The Bertz CT molecular complexity index is 417. The zero-order valence-electron chi connectivity index (χ0n) is 12.6. The van der Waals surface area contributed by atoms with Crippen molar-refractivity contribution in [2.24, 2.45) is 0 Å². The third-order valence-electron chi connectivity index (χ3n) is 4.19. The normalized spacial score (nSPS) is 24.3. The van der Waals surface area contributed by atoms with E-state index in [4.69, 9.17) is 14.2 Å². The van der Waals surface area contributed by atoms with Gasteiger partial charge in [0.2, 0.25) is 0 Å². The molecule has 2 fully saturated rings. The largest absolute Gasteiger partial charge is 0.492 e. The predicted molar refractivity (Wildman–Crippen MR) is 81.4 cm³/mol. The summed E-state index contributed by atoms with van der Waals surface area (Å²) in [6.45, 7) is 3.04. The zero-order chi connectivity index (χ0) is 14.4.